The molecule has 1 amide bonds. The van der Waals surface area contributed by atoms with E-state index in [9.17, 15) is 13.2 Å². The van der Waals surface area contributed by atoms with E-state index in [1.807, 2.05) is 18.4 Å². The van der Waals surface area contributed by atoms with E-state index in [4.69, 9.17) is 4.74 Å². The van der Waals surface area contributed by atoms with Crippen LogP contribution in [0.4, 0.5) is 11.4 Å². The van der Waals surface area contributed by atoms with Crippen LogP contribution in [0.3, 0.4) is 0 Å². The summed E-state index contributed by atoms with van der Waals surface area (Å²) in [5, 5.41) is 2.59. The minimum Gasteiger partial charge on any atom is -0.482 e. The average molecular weight is 350 g/mol. The second-order valence-corrected chi connectivity index (χ2v) is 7.39. The topological polar surface area (TPSA) is 84.5 Å². The molecule has 0 saturated carbocycles. The predicted molar refractivity (Wildman–Crippen MR) is 89.6 cm³/mol. The molecule has 0 aliphatic carbocycles. The molecule has 1 aliphatic rings. The summed E-state index contributed by atoms with van der Waals surface area (Å²) in [7, 11) is -3.75. The molecule has 0 radical (unpaired) electrons. The molecule has 0 aromatic heterocycles. The van der Waals surface area contributed by atoms with Gasteiger partial charge in [0.05, 0.1) is 10.6 Å². The monoisotopic (exact) mass is 350 g/mol. The van der Waals surface area contributed by atoms with Crippen LogP contribution in [0.25, 0.3) is 0 Å². The van der Waals surface area contributed by atoms with E-state index < -0.39 is 10.0 Å². The van der Waals surface area contributed by atoms with Crippen molar-refractivity contribution in [2.24, 2.45) is 0 Å². The lowest BCUT2D eigenvalue weighted by atomic mass is 10.2. The van der Waals surface area contributed by atoms with Crippen molar-refractivity contribution in [1.82, 2.24) is 0 Å². The molecule has 0 spiro atoms. The fourth-order valence-electron chi connectivity index (χ4n) is 2.10. The number of benzene rings is 2. The highest BCUT2D eigenvalue weighted by atomic mass is 32.2. The Hall–Kier alpha value is -2.19. The number of rotatable bonds is 4. The molecular weight excluding hydrogens is 336 g/mol. The fourth-order valence-corrected chi connectivity index (χ4v) is 3.60. The molecule has 2 N–H and O–H groups in total. The van der Waals surface area contributed by atoms with Gasteiger partial charge >= 0.3 is 0 Å². The van der Waals surface area contributed by atoms with Crippen LogP contribution in [0.5, 0.6) is 5.75 Å². The number of sulfonamides is 1. The van der Waals surface area contributed by atoms with Crippen molar-refractivity contribution in [2.45, 2.75) is 9.79 Å². The number of amides is 1. The van der Waals surface area contributed by atoms with Gasteiger partial charge in [-0.15, -0.1) is 11.8 Å². The lowest BCUT2D eigenvalue weighted by Crippen LogP contribution is -2.25. The number of hydrogen-bond acceptors (Lipinski definition) is 5. The molecule has 0 saturated heterocycles. The first-order chi connectivity index (χ1) is 11.0. The van der Waals surface area contributed by atoms with Crippen molar-refractivity contribution in [1.29, 1.82) is 0 Å². The van der Waals surface area contributed by atoms with Crippen LogP contribution in [-0.2, 0) is 14.8 Å². The quantitative estimate of drug-likeness (QED) is 0.828. The van der Waals surface area contributed by atoms with Crippen LogP contribution in [0.15, 0.2) is 52.3 Å². The van der Waals surface area contributed by atoms with E-state index in [2.05, 4.69) is 10.0 Å². The van der Waals surface area contributed by atoms with Crippen molar-refractivity contribution in [3.63, 3.8) is 0 Å². The van der Waals surface area contributed by atoms with Gasteiger partial charge in [-0.1, -0.05) is 0 Å². The first-order valence-electron chi connectivity index (χ1n) is 6.71. The van der Waals surface area contributed by atoms with Crippen molar-refractivity contribution in [3.05, 3.63) is 42.5 Å². The zero-order valence-electron chi connectivity index (χ0n) is 12.2. The van der Waals surface area contributed by atoms with E-state index >= 15 is 0 Å². The summed E-state index contributed by atoms with van der Waals surface area (Å²) in [5.74, 6) is 0.139. The molecule has 0 bridgehead atoms. The van der Waals surface area contributed by atoms with E-state index in [1.165, 1.54) is 18.2 Å². The third kappa shape index (κ3) is 3.43. The number of carbonyl (C=O) groups excluding carboxylic acids is 1. The first-order valence-corrected chi connectivity index (χ1v) is 9.42. The van der Waals surface area contributed by atoms with Gasteiger partial charge in [0.25, 0.3) is 15.9 Å². The lowest BCUT2D eigenvalue weighted by molar-refractivity contribution is -0.118. The Labute approximate surface area is 138 Å². The second kappa shape index (κ2) is 6.13. The molecule has 1 aliphatic heterocycles. The van der Waals surface area contributed by atoms with Gasteiger partial charge in [0, 0.05) is 10.6 Å². The van der Waals surface area contributed by atoms with Gasteiger partial charge in [-0.05, 0) is 48.7 Å². The SMILES string of the molecule is CSc1ccc(NS(=O)(=O)c2ccc3c(c2)NC(=O)CO3)cc1. The summed E-state index contributed by atoms with van der Waals surface area (Å²) in [6.45, 7) is -0.0703. The molecule has 2 aromatic rings. The summed E-state index contributed by atoms with van der Waals surface area (Å²) >= 11 is 1.58. The summed E-state index contributed by atoms with van der Waals surface area (Å²) < 4.78 is 32.6. The first kappa shape index (κ1) is 15.7. The number of anilines is 2. The number of carbonyl (C=O) groups is 1. The molecule has 6 nitrogen and oxygen atoms in total. The van der Waals surface area contributed by atoms with Gasteiger partial charge in [0.2, 0.25) is 0 Å². The standard InChI is InChI=1S/C15H14N2O4S2/c1-22-11-4-2-10(3-5-11)17-23(19,20)12-6-7-14-13(8-12)16-15(18)9-21-14/h2-8,17H,9H2,1H3,(H,16,18). The van der Waals surface area contributed by atoms with Gasteiger partial charge in [0.1, 0.15) is 5.75 Å². The Kier molecular flexibility index (Phi) is 4.18. The Bertz CT molecular complexity index is 848. The Morgan fingerprint density at radius 1 is 1.17 bits per heavy atom. The normalized spacial score (nSPS) is 13.7. The third-order valence-corrected chi connectivity index (χ3v) is 5.36. The van der Waals surface area contributed by atoms with Crippen LogP contribution < -0.4 is 14.8 Å². The maximum atomic E-state index is 12.5. The lowest BCUT2D eigenvalue weighted by Gasteiger charge is -2.18. The van der Waals surface area contributed by atoms with Gasteiger partial charge in [-0.25, -0.2) is 8.42 Å². The predicted octanol–water partition coefficient (Wildman–Crippen LogP) is 2.54. The van der Waals surface area contributed by atoms with Crippen molar-refractivity contribution < 1.29 is 17.9 Å². The number of fused-ring (bicyclic) bond motifs is 1. The highest BCUT2D eigenvalue weighted by molar-refractivity contribution is 7.98. The summed E-state index contributed by atoms with van der Waals surface area (Å²) in [5.41, 5.74) is 0.822. The van der Waals surface area contributed by atoms with E-state index in [-0.39, 0.29) is 17.4 Å². The summed E-state index contributed by atoms with van der Waals surface area (Å²) in [6, 6.07) is 11.4. The molecule has 8 heteroatoms. The third-order valence-electron chi connectivity index (χ3n) is 3.24. The second-order valence-electron chi connectivity index (χ2n) is 4.83. The minimum atomic E-state index is -3.75. The Morgan fingerprint density at radius 3 is 2.61 bits per heavy atom. The molecule has 0 fully saturated rings. The largest absolute Gasteiger partial charge is 0.482 e. The van der Waals surface area contributed by atoms with Gasteiger partial charge in [0.15, 0.2) is 6.61 Å². The number of ether oxygens (including phenoxy) is 1. The highest BCUT2D eigenvalue weighted by Gasteiger charge is 2.21. The van der Waals surface area contributed by atoms with Crippen LogP contribution >= 0.6 is 11.8 Å². The van der Waals surface area contributed by atoms with Crippen molar-refractivity contribution in [3.8, 4) is 5.75 Å². The Balaban J connectivity index is 1.87. The maximum Gasteiger partial charge on any atom is 0.262 e. The van der Waals surface area contributed by atoms with Crippen LogP contribution in [-0.4, -0.2) is 27.2 Å². The van der Waals surface area contributed by atoms with Crippen molar-refractivity contribution >= 4 is 39.1 Å². The zero-order chi connectivity index (χ0) is 16.4. The fraction of sp³-hybridized carbons (Fsp3) is 0.133. The highest BCUT2D eigenvalue weighted by Crippen LogP contribution is 2.30. The summed E-state index contributed by atoms with van der Waals surface area (Å²) in [4.78, 5) is 12.4. The maximum absolute atomic E-state index is 12.5. The molecule has 120 valence electrons. The van der Waals surface area contributed by atoms with Crippen LogP contribution in [0.2, 0.25) is 0 Å². The molecular formula is C15H14N2O4S2. The van der Waals surface area contributed by atoms with E-state index in [0.717, 1.165) is 4.90 Å². The minimum absolute atomic E-state index is 0.0518. The van der Waals surface area contributed by atoms with Gasteiger partial charge in [-0.3, -0.25) is 9.52 Å². The number of hydrogen-bond donors (Lipinski definition) is 2. The molecule has 1 heterocycles. The number of nitrogens with one attached hydrogen (secondary N) is 2. The van der Waals surface area contributed by atoms with Crippen LogP contribution in [0, 0.1) is 0 Å². The smallest absolute Gasteiger partial charge is 0.262 e. The molecule has 0 atom stereocenters. The zero-order valence-corrected chi connectivity index (χ0v) is 13.8. The molecule has 0 unspecified atom stereocenters. The Morgan fingerprint density at radius 2 is 1.91 bits per heavy atom. The summed E-state index contributed by atoms with van der Waals surface area (Å²) in [6.07, 6.45) is 1.95. The average Bonchev–Trinajstić information content (AvgIpc) is 2.54. The van der Waals surface area contributed by atoms with Crippen molar-refractivity contribution in [2.75, 3.05) is 22.9 Å². The number of thioether (sulfide) groups is 1. The molecule has 23 heavy (non-hydrogen) atoms. The van der Waals surface area contributed by atoms with E-state index in [1.54, 1.807) is 23.9 Å². The van der Waals surface area contributed by atoms with Gasteiger partial charge in [-0.2, -0.15) is 0 Å². The van der Waals surface area contributed by atoms with Crippen LogP contribution in [0.1, 0.15) is 0 Å². The molecule has 2 aromatic carbocycles. The van der Waals surface area contributed by atoms with E-state index in [0.29, 0.717) is 17.1 Å². The van der Waals surface area contributed by atoms with Gasteiger partial charge < -0.3 is 10.1 Å². The molecule has 3 rings (SSSR count).